The van der Waals surface area contributed by atoms with Crippen LogP contribution in [0.25, 0.3) is 22.3 Å². The molecular formula is C28H27ClN6O4. The van der Waals surface area contributed by atoms with Crippen molar-refractivity contribution in [1.82, 2.24) is 19.9 Å². The number of piperazine rings is 1. The minimum absolute atomic E-state index is 0.0507. The fraction of sp³-hybridized carbons (Fsp3) is 0.250. The number of rotatable bonds is 7. The molecule has 39 heavy (non-hydrogen) atoms. The highest BCUT2D eigenvalue weighted by molar-refractivity contribution is 6.30. The monoisotopic (exact) mass is 546 g/mol. The number of benzene rings is 2. The van der Waals surface area contributed by atoms with Crippen LogP contribution in [-0.4, -0.2) is 71.1 Å². The van der Waals surface area contributed by atoms with Crippen molar-refractivity contribution in [2.45, 2.75) is 6.92 Å². The summed E-state index contributed by atoms with van der Waals surface area (Å²) in [6.45, 7) is 4.15. The number of nitrogen functional groups attached to an aromatic ring is 1. The lowest BCUT2D eigenvalue weighted by molar-refractivity contribution is -0.133. The van der Waals surface area contributed by atoms with Gasteiger partial charge in [0, 0.05) is 36.8 Å². The highest BCUT2D eigenvalue weighted by Gasteiger charge is 2.25. The second-order valence-electron chi connectivity index (χ2n) is 8.88. The van der Waals surface area contributed by atoms with Gasteiger partial charge in [-0.1, -0.05) is 23.7 Å². The number of esters is 1. The predicted molar refractivity (Wildman–Crippen MR) is 149 cm³/mol. The van der Waals surface area contributed by atoms with Crippen LogP contribution in [0.1, 0.15) is 17.3 Å². The SMILES string of the molecule is CCOC(=O)c1ccc(-c2ccc3nc(N)nc(N4CCN(C(=O)COc5ccc(Cl)cc5)CC4)c3n2)cc1. The minimum atomic E-state index is -0.365. The van der Waals surface area contributed by atoms with Gasteiger partial charge < -0.3 is 25.0 Å². The van der Waals surface area contributed by atoms with E-state index in [1.807, 2.05) is 24.3 Å². The summed E-state index contributed by atoms with van der Waals surface area (Å²) in [5.74, 6) is 0.902. The van der Waals surface area contributed by atoms with Gasteiger partial charge in [-0.05, 0) is 55.5 Å². The molecule has 0 spiro atoms. The normalized spacial score (nSPS) is 13.4. The van der Waals surface area contributed by atoms with Crippen LogP contribution in [-0.2, 0) is 9.53 Å². The summed E-state index contributed by atoms with van der Waals surface area (Å²) in [6, 6.07) is 17.7. The minimum Gasteiger partial charge on any atom is -0.484 e. The highest BCUT2D eigenvalue weighted by Crippen LogP contribution is 2.28. The fourth-order valence-electron chi connectivity index (χ4n) is 4.32. The lowest BCUT2D eigenvalue weighted by Gasteiger charge is -2.35. The molecule has 2 aromatic carbocycles. The zero-order chi connectivity index (χ0) is 27.4. The molecule has 2 aromatic heterocycles. The average molecular weight is 547 g/mol. The van der Waals surface area contributed by atoms with Gasteiger partial charge in [0.15, 0.2) is 12.4 Å². The van der Waals surface area contributed by atoms with E-state index in [0.717, 1.165) is 5.56 Å². The largest absolute Gasteiger partial charge is 0.484 e. The van der Waals surface area contributed by atoms with Gasteiger partial charge in [-0.15, -0.1) is 0 Å². The third-order valence-electron chi connectivity index (χ3n) is 6.34. The maximum absolute atomic E-state index is 12.7. The van der Waals surface area contributed by atoms with Gasteiger partial charge in [-0.2, -0.15) is 4.98 Å². The molecule has 0 unspecified atom stereocenters. The molecule has 1 saturated heterocycles. The summed E-state index contributed by atoms with van der Waals surface area (Å²) in [5.41, 5.74) is 9.28. The first-order chi connectivity index (χ1) is 18.9. The summed E-state index contributed by atoms with van der Waals surface area (Å²) in [5, 5.41) is 0.608. The van der Waals surface area contributed by atoms with Crippen molar-refractivity contribution in [2.24, 2.45) is 0 Å². The molecule has 10 nitrogen and oxygen atoms in total. The summed E-state index contributed by atoms with van der Waals surface area (Å²) in [4.78, 5) is 42.2. The summed E-state index contributed by atoms with van der Waals surface area (Å²) in [6.07, 6.45) is 0. The van der Waals surface area contributed by atoms with Crippen LogP contribution in [0.4, 0.5) is 11.8 Å². The van der Waals surface area contributed by atoms with E-state index in [4.69, 9.17) is 31.8 Å². The summed E-state index contributed by atoms with van der Waals surface area (Å²) in [7, 11) is 0. The van der Waals surface area contributed by atoms with Crippen LogP contribution in [0.2, 0.25) is 5.02 Å². The number of nitrogens with two attached hydrogens (primary N) is 1. The Morgan fingerprint density at radius 2 is 1.64 bits per heavy atom. The van der Waals surface area contributed by atoms with Crippen LogP contribution in [0, 0.1) is 0 Å². The van der Waals surface area contributed by atoms with E-state index in [9.17, 15) is 9.59 Å². The van der Waals surface area contributed by atoms with Gasteiger partial charge in [0.1, 0.15) is 11.3 Å². The first-order valence-electron chi connectivity index (χ1n) is 12.5. The van der Waals surface area contributed by atoms with Crippen molar-refractivity contribution in [3.8, 4) is 17.0 Å². The van der Waals surface area contributed by atoms with Gasteiger partial charge in [0.2, 0.25) is 5.95 Å². The zero-order valence-electron chi connectivity index (χ0n) is 21.3. The number of anilines is 2. The van der Waals surface area contributed by atoms with E-state index in [1.54, 1.807) is 48.2 Å². The van der Waals surface area contributed by atoms with Crippen molar-refractivity contribution in [2.75, 3.05) is 50.0 Å². The molecule has 0 radical (unpaired) electrons. The summed E-state index contributed by atoms with van der Waals surface area (Å²) >= 11 is 5.90. The Kier molecular flexibility index (Phi) is 7.74. The summed E-state index contributed by atoms with van der Waals surface area (Å²) < 4.78 is 10.7. The molecule has 200 valence electrons. The number of nitrogens with zero attached hydrogens (tertiary/aromatic N) is 5. The second-order valence-corrected chi connectivity index (χ2v) is 9.31. The van der Waals surface area contributed by atoms with E-state index in [0.29, 0.717) is 71.7 Å². The van der Waals surface area contributed by atoms with Crippen LogP contribution in [0.15, 0.2) is 60.7 Å². The first kappa shape index (κ1) is 26.2. The molecule has 0 bridgehead atoms. The molecule has 2 N–H and O–H groups in total. The third-order valence-corrected chi connectivity index (χ3v) is 6.59. The molecule has 0 atom stereocenters. The predicted octanol–water partition coefficient (Wildman–Crippen LogP) is 3.83. The number of fused-ring (bicyclic) bond motifs is 1. The van der Waals surface area contributed by atoms with E-state index in [1.165, 1.54) is 0 Å². The molecule has 1 aliphatic rings. The van der Waals surface area contributed by atoms with Crippen LogP contribution < -0.4 is 15.4 Å². The lowest BCUT2D eigenvalue weighted by Crippen LogP contribution is -2.50. The van der Waals surface area contributed by atoms with Crippen molar-refractivity contribution < 1.29 is 19.1 Å². The topological polar surface area (TPSA) is 124 Å². The Morgan fingerprint density at radius 3 is 2.33 bits per heavy atom. The number of carbonyl (C=O) groups is 2. The molecule has 1 fully saturated rings. The Bertz CT molecular complexity index is 1490. The molecular weight excluding hydrogens is 520 g/mol. The van der Waals surface area contributed by atoms with Crippen molar-refractivity contribution >= 4 is 46.3 Å². The number of amides is 1. The van der Waals surface area contributed by atoms with Gasteiger partial charge in [-0.25, -0.2) is 14.8 Å². The van der Waals surface area contributed by atoms with Crippen molar-refractivity contribution in [3.63, 3.8) is 0 Å². The standard InChI is InChI=1S/C28H27ClN6O4/c1-2-38-27(37)19-5-3-18(4-6-19)22-11-12-23-25(31-22)26(33-28(30)32-23)35-15-13-34(14-16-35)24(36)17-39-21-9-7-20(29)8-10-21/h3-12H,2,13-17H2,1H3,(H2,30,32,33). The van der Waals surface area contributed by atoms with Gasteiger partial charge in [-0.3, -0.25) is 4.79 Å². The van der Waals surface area contributed by atoms with Crippen LogP contribution >= 0.6 is 11.6 Å². The molecule has 1 amide bonds. The number of halogens is 1. The van der Waals surface area contributed by atoms with E-state index >= 15 is 0 Å². The number of aromatic nitrogens is 3. The average Bonchev–Trinajstić information content (AvgIpc) is 2.96. The molecule has 3 heterocycles. The second kappa shape index (κ2) is 11.5. The van der Waals surface area contributed by atoms with E-state index in [2.05, 4.69) is 14.9 Å². The molecule has 5 rings (SSSR count). The van der Waals surface area contributed by atoms with Crippen LogP contribution in [0.3, 0.4) is 0 Å². The lowest BCUT2D eigenvalue weighted by atomic mass is 10.1. The molecule has 4 aromatic rings. The molecule has 11 heteroatoms. The number of hydrogen-bond acceptors (Lipinski definition) is 9. The van der Waals surface area contributed by atoms with Gasteiger partial charge in [0.05, 0.1) is 23.4 Å². The third kappa shape index (κ3) is 6.01. The smallest absolute Gasteiger partial charge is 0.338 e. The maximum atomic E-state index is 12.7. The van der Waals surface area contributed by atoms with Gasteiger partial charge in [0.25, 0.3) is 5.91 Å². The Labute approximate surface area is 230 Å². The zero-order valence-corrected chi connectivity index (χ0v) is 22.1. The van der Waals surface area contributed by atoms with Crippen molar-refractivity contribution in [1.29, 1.82) is 0 Å². The number of ether oxygens (including phenoxy) is 2. The van der Waals surface area contributed by atoms with E-state index in [-0.39, 0.29) is 24.4 Å². The molecule has 0 saturated carbocycles. The number of hydrogen-bond donors (Lipinski definition) is 1. The maximum Gasteiger partial charge on any atom is 0.338 e. The molecule has 1 aliphatic heterocycles. The highest BCUT2D eigenvalue weighted by atomic mass is 35.5. The van der Waals surface area contributed by atoms with Crippen molar-refractivity contribution in [3.05, 3.63) is 71.2 Å². The first-order valence-corrected chi connectivity index (χ1v) is 12.9. The number of pyridine rings is 1. The fourth-order valence-corrected chi connectivity index (χ4v) is 4.45. The number of carbonyl (C=O) groups excluding carboxylic acids is 2. The Morgan fingerprint density at radius 1 is 0.923 bits per heavy atom. The van der Waals surface area contributed by atoms with Crippen LogP contribution in [0.5, 0.6) is 5.75 Å². The van der Waals surface area contributed by atoms with E-state index < -0.39 is 0 Å². The Hall–Kier alpha value is -4.44. The molecule has 0 aliphatic carbocycles. The van der Waals surface area contributed by atoms with Gasteiger partial charge >= 0.3 is 5.97 Å². The quantitative estimate of drug-likeness (QED) is 0.344. The Balaban J connectivity index is 1.30.